The second-order valence-electron chi connectivity index (χ2n) is 5.69. The van der Waals surface area contributed by atoms with E-state index < -0.39 is 22.5 Å². The molecule has 0 bridgehead atoms. The lowest BCUT2D eigenvalue weighted by Crippen LogP contribution is -2.30. The second-order valence-corrected chi connectivity index (χ2v) is 5.69. The van der Waals surface area contributed by atoms with Crippen LogP contribution in [0.15, 0.2) is 55.1 Å². The van der Waals surface area contributed by atoms with Crippen molar-refractivity contribution >= 4 is 34.9 Å². The molecule has 2 heterocycles. The van der Waals surface area contributed by atoms with Gasteiger partial charge in [0.1, 0.15) is 6.33 Å². The molecule has 0 radical (unpaired) electrons. The van der Waals surface area contributed by atoms with E-state index in [4.69, 9.17) is 0 Å². The summed E-state index contributed by atoms with van der Waals surface area (Å²) in [5.41, 5.74) is 5.36. The highest BCUT2D eigenvalue weighted by atomic mass is 16.6. The zero-order valence-electron chi connectivity index (χ0n) is 15.5. The Hall–Kier alpha value is -4.61. The highest BCUT2D eigenvalue weighted by Crippen LogP contribution is 2.30. The number of carbonyl (C=O) groups is 2. The molecule has 0 fully saturated rings. The van der Waals surface area contributed by atoms with Gasteiger partial charge in [-0.15, -0.1) is 0 Å². The summed E-state index contributed by atoms with van der Waals surface area (Å²) in [6, 6.07) is 9.03. The van der Waals surface area contributed by atoms with Crippen molar-refractivity contribution in [3.8, 4) is 0 Å². The summed E-state index contributed by atoms with van der Waals surface area (Å²) in [6.07, 6.45) is 3.98. The Balaban J connectivity index is 1.80. The number of pyridine rings is 1. The van der Waals surface area contributed by atoms with E-state index in [0.717, 1.165) is 6.33 Å². The van der Waals surface area contributed by atoms with E-state index in [1.54, 1.807) is 0 Å². The van der Waals surface area contributed by atoms with Gasteiger partial charge < -0.3 is 10.1 Å². The van der Waals surface area contributed by atoms with Gasteiger partial charge in [-0.2, -0.15) is 0 Å². The smallest absolute Gasteiger partial charge is 0.355 e. The van der Waals surface area contributed by atoms with Crippen molar-refractivity contribution in [2.24, 2.45) is 0 Å². The van der Waals surface area contributed by atoms with Crippen LogP contribution in [-0.2, 0) is 4.74 Å². The number of anilines is 3. The van der Waals surface area contributed by atoms with Crippen LogP contribution in [0.4, 0.5) is 23.0 Å². The Labute approximate surface area is 169 Å². The lowest BCUT2D eigenvalue weighted by atomic mass is 10.2. The van der Waals surface area contributed by atoms with Gasteiger partial charge in [0.05, 0.1) is 17.6 Å². The van der Waals surface area contributed by atoms with Crippen LogP contribution in [0.2, 0.25) is 0 Å². The van der Waals surface area contributed by atoms with Crippen LogP contribution >= 0.6 is 0 Å². The number of rotatable bonds is 7. The molecule has 3 aromatic rings. The van der Waals surface area contributed by atoms with Crippen molar-refractivity contribution in [3.63, 3.8) is 0 Å². The minimum absolute atomic E-state index is 0.110. The van der Waals surface area contributed by atoms with Crippen LogP contribution in [0.1, 0.15) is 20.7 Å². The molecule has 0 aliphatic heterocycles. The normalized spacial score (nSPS) is 10.0. The molecular weight excluding hydrogens is 394 g/mol. The summed E-state index contributed by atoms with van der Waals surface area (Å²) in [5, 5.41) is 14.4. The molecule has 12 nitrogen and oxygen atoms in total. The Morgan fingerprint density at radius 2 is 1.67 bits per heavy atom. The number of esters is 1. The summed E-state index contributed by atoms with van der Waals surface area (Å²) in [6.45, 7) is 0. The number of hydrogen-bond acceptors (Lipinski definition) is 10. The van der Waals surface area contributed by atoms with E-state index >= 15 is 0 Å². The molecule has 0 saturated heterocycles. The maximum atomic E-state index is 12.1. The second kappa shape index (κ2) is 9.05. The number of methoxy groups -OCH3 is 1. The van der Waals surface area contributed by atoms with Crippen molar-refractivity contribution in [1.29, 1.82) is 0 Å². The Morgan fingerprint density at radius 1 is 1.00 bits per heavy atom. The SMILES string of the molecule is COC(=O)c1ccc(Nc2ncnc(NNC(=O)c3ccncc3)c2[N+](=O)[O-])cc1. The highest BCUT2D eigenvalue weighted by molar-refractivity contribution is 5.95. The molecule has 0 unspecified atom stereocenters. The number of aromatic nitrogens is 3. The van der Waals surface area contributed by atoms with Crippen LogP contribution < -0.4 is 16.2 Å². The first kappa shape index (κ1) is 20.1. The van der Waals surface area contributed by atoms with Crippen molar-refractivity contribution in [1.82, 2.24) is 20.4 Å². The Kier molecular flexibility index (Phi) is 6.08. The predicted molar refractivity (Wildman–Crippen MR) is 105 cm³/mol. The number of hydrogen-bond donors (Lipinski definition) is 3. The molecule has 0 saturated carbocycles. The lowest BCUT2D eigenvalue weighted by Gasteiger charge is -2.11. The standard InChI is InChI=1S/C18H15N7O5/c1-30-18(27)12-2-4-13(5-3-12)22-15-14(25(28)29)16(21-10-20-15)23-24-17(26)11-6-8-19-9-7-11/h2-10H,1H3,(H,24,26)(H2,20,21,22,23). The van der Waals surface area contributed by atoms with Gasteiger partial charge in [-0.3, -0.25) is 30.7 Å². The monoisotopic (exact) mass is 409 g/mol. The predicted octanol–water partition coefficient (Wildman–Crippen LogP) is 2.07. The van der Waals surface area contributed by atoms with Gasteiger partial charge in [-0.25, -0.2) is 14.8 Å². The molecule has 3 rings (SSSR count). The molecule has 30 heavy (non-hydrogen) atoms. The third kappa shape index (κ3) is 4.62. The first-order valence-electron chi connectivity index (χ1n) is 8.40. The number of nitrogens with one attached hydrogen (secondary N) is 3. The molecule has 0 spiro atoms. The average molecular weight is 409 g/mol. The molecule has 2 aromatic heterocycles. The van der Waals surface area contributed by atoms with Crippen LogP contribution in [0.25, 0.3) is 0 Å². The van der Waals surface area contributed by atoms with Crippen molar-refractivity contribution in [3.05, 3.63) is 76.4 Å². The van der Waals surface area contributed by atoms with E-state index in [2.05, 4.69) is 35.9 Å². The largest absolute Gasteiger partial charge is 0.465 e. The first-order valence-corrected chi connectivity index (χ1v) is 8.40. The number of amides is 1. The van der Waals surface area contributed by atoms with Gasteiger partial charge in [0, 0.05) is 23.6 Å². The molecule has 152 valence electrons. The third-order valence-electron chi connectivity index (χ3n) is 3.81. The minimum Gasteiger partial charge on any atom is -0.465 e. The zero-order chi connectivity index (χ0) is 21.5. The summed E-state index contributed by atoms with van der Waals surface area (Å²) in [4.78, 5) is 46.1. The van der Waals surface area contributed by atoms with Gasteiger partial charge in [0.15, 0.2) is 0 Å². The van der Waals surface area contributed by atoms with Crippen molar-refractivity contribution in [2.75, 3.05) is 17.9 Å². The topological polar surface area (TPSA) is 161 Å². The number of nitrogens with zero attached hydrogens (tertiary/aromatic N) is 4. The van der Waals surface area contributed by atoms with Crippen molar-refractivity contribution < 1.29 is 19.2 Å². The fourth-order valence-corrected chi connectivity index (χ4v) is 2.37. The van der Waals surface area contributed by atoms with Crippen LogP contribution in [0.3, 0.4) is 0 Å². The van der Waals surface area contributed by atoms with Gasteiger partial charge in [-0.1, -0.05) is 0 Å². The fraction of sp³-hybridized carbons (Fsp3) is 0.0556. The molecule has 0 aliphatic rings. The minimum atomic E-state index is -0.688. The quantitative estimate of drug-likeness (QED) is 0.299. The van der Waals surface area contributed by atoms with E-state index in [1.165, 1.54) is 55.9 Å². The molecule has 1 aromatic carbocycles. The number of hydrazine groups is 1. The first-order chi connectivity index (χ1) is 14.5. The third-order valence-corrected chi connectivity index (χ3v) is 3.81. The molecule has 12 heteroatoms. The Bertz CT molecular complexity index is 1070. The average Bonchev–Trinajstić information content (AvgIpc) is 2.77. The fourth-order valence-electron chi connectivity index (χ4n) is 2.37. The van der Waals surface area contributed by atoms with Crippen LogP contribution in [0, 0.1) is 10.1 Å². The summed E-state index contributed by atoms with van der Waals surface area (Å²) in [7, 11) is 1.26. The maximum Gasteiger partial charge on any atom is 0.355 e. The van der Waals surface area contributed by atoms with Gasteiger partial charge in [0.2, 0.25) is 11.6 Å². The summed E-state index contributed by atoms with van der Waals surface area (Å²) < 4.78 is 4.62. The molecule has 0 aliphatic carbocycles. The number of benzene rings is 1. The van der Waals surface area contributed by atoms with Crippen LogP contribution in [-0.4, -0.2) is 38.9 Å². The van der Waals surface area contributed by atoms with E-state index in [9.17, 15) is 19.7 Å². The molecule has 1 amide bonds. The summed E-state index contributed by atoms with van der Waals surface area (Å²) >= 11 is 0. The van der Waals surface area contributed by atoms with Crippen molar-refractivity contribution in [2.45, 2.75) is 0 Å². The van der Waals surface area contributed by atoms with E-state index in [0.29, 0.717) is 16.8 Å². The van der Waals surface area contributed by atoms with Gasteiger partial charge >= 0.3 is 11.7 Å². The van der Waals surface area contributed by atoms with Crippen LogP contribution in [0.5, 0.6) is 0 Å². The molecule has 3 N–H and O–H groups in total. The zero-order valence-corrected chi connectivity index (χ0v) is 15.5. The molecule has 0 atom stereocenters. The lowest BCUT2D eigenvalue weighted by molar-refractivity contribution is -0.383. The number of carbonyl (C=O) groups excluding carboxylic acids is 2. The van der Waals surface area contributed by atoms with Gasteiger partial charge in [-0.05, 0) is 36.4 Å². The molecular formula is C18H15N7O5. The number of nitro groups is 1. The maximum absolute atomic E-state index is 12.1. The van der Waals surface area contributed by atoms with E-state index in [1.807, 2.05) is 0 Å². The Morgan fingerprint density at radius 3 is 2.30 bits per heavy atom. The van der Waals surface area contributed by atoms with E-state index in [-0.39, 0.29) is 11.6 Å². The summed E-state index contributed by atoms with van der Waals surface area (Å²) in [5.74, 6) is -1.36. The van der Waals surface area contributed by atoms with Gasteiger partial charge in [0.25, 0.3) is 5.91 Å². The number of ether oxygens (including phenoxy) is 1. The highest BCUT2D eigenvalue weighted by Gasteiger charge is 2.24.